The van der Waals surface area contributed by atoms with Crippen LogP contribution in [-0.4, -0.2) is 17.9 Å². The van der Waals surface area contributed by atoms with E-state index in [1.54, 1.807) is 30.3 Å². The number of amides is 2. The molecule has 2 amide bonds. The van der Waals surface area contributed by atoms with E-state index in [9.17, 15) is 9.59 Å². The van der Waals surface area contributed by atoms with Gasteiger partial charge >= 0.3 is 0 Å². The topological polar surface area (TPSA) is 49.4 Å². The Balaban J connectivity index is 1.83. The predicted molar refractivity (Wildman–Crippen MR) is 92.4 cm³/mol. The summed E-state index contributed by atoms with van der Waals surface area (Å²) in [5.41, 5.74) is 1.09. The average Bonchev–Trinajstić information content (AvgIpc) is 2.75. The zero-order valence-electron chi connectivity index (χ0n) is 11.7. The van der Waals surface area contributed by atoms with E-state index in [1.807, 2.05) is 0 Å². The highest BCUT2D eigenvalue weighted by Gasteiger charge is 2.39. The van der Waals surface area contributed by atoms with Crippen molar-refractivity contribution >= 4 is 58.0 Å². The van der Waals surface area contributed by atoms with Crippen molar-refractivity contribution in [2.75, 3.05) is 10.2 Å². The fourth-order valence-electron chi connectivity index (χ4n) is 2.43. The van der Waals surface area contributed by atoms with Gasteiger partial charge in [0.05, 0.1) is 12.1 Å². The number of carbonyl (C=O) groups is 2. The van der Waals surface area contributed by atoms with Gasteiger partial charge in [0.25, 0.3) is 5.91 Å². The lowest BCUT2D eigenvalue weighted by atomic mass is 10.2. The number of nitrogens with one attached hydrogen (secondary N) is 1. The predicted octanol–water partition coefficient (Wildman–Crippen LogP) is 4.39. The lowest BCUT2D eigenvalue weighted by Gasteiger charge is -2.16. The number of benzene rings is 2. The third kappa shape index (κ3) is 3.44. The first kappa shape index (κ1) is 16.1. The second-order valence-corrected chi connectivity index (χ2v) is 6.41. The quantitative estimate of drug-likeness (QED) is 0.816. The summed E-state index contributed by atoms with van der Waals surface area (Å²) in [6, 6.07) is 10.9. The summed E-state index contributed by atoms with van der Waals surface area (Å²) in [5, 5.41) is 4.36. The van der Waals surface area contributed by atoms with E-state index in [0.717, 1.165) is 4.90 Å². The van der Waals surface area contributed by atoms with Crippen LogP contribution in [0.3, 0.4) is 0 Å². The Morgan fingerprint density at radius 2 is 1.52 bits per heavy atom. The molecule has 0 saturated carbocycles. The Morgan fingerprint density at radius 1 is 0.913 bits per heavy atom. The molecule has 1 N–H and O–H groups in total. The number of nitrogens with zero attached hydrogens (tertiary/aromatic N) is 1. The molecule has 1 saturated heterocycles. The molecule has 1 heterocycles. The van der Waals surface area contributed by atoms with E-state index >= 15 is 0 Å². The first-order chi connectivity index (χ1) is 10.9. The Bertz CT molecular complexity index is 757. The van der Waals surface area contributed by atoms with Crippen molar-refractivity contribution in [3.63, 3.8) is 0 Å². The van der Waals surface area contributed by atoms with E-state index in [2.05, 4.69) is 5.32 Å². The number of anilines is 2. The maximum Gasteiger partial charge on any atom is 0.256 e. The van der Waals surface area contributed by atoms with Crippen molar-refractivity contribution in [3.05, 3.63) is 57.5 Å². The molecule has 1 atom stereocenters. The van der Waals surface area contributed by atoms with Crippen LogP contribution in [0.1, 0.15) is 6.42 Å². The van der Waals surface area contributed by atoms with Crippen LogP contribution in [0.25, 0.3) is 0 Å². The summed E-state index contributed by atoms with van der Waals surface area (Å²) in [6.07, 6.45) is 0.0611. The van der Waals surface area contributed by atoms with Gasteiger partial charge in [-0.05, 0) is 42.5 Å². The first-order valence-corrected chi connectivity index (χ1v) is 7.92. The van der Waals surface area contributed by atoms with E-state index in [1.165, 1.54) is 12.1 Å². The minimum absolute atomic E-state index is 0.0611. The molecule has 0 unspecified atom stereocenters. The van der Waals surface area contributed by atoms with Gasteiger partial charge in [-0.1, -0.05) is 34.8 Å². The van der Waals surface area contributed by atoms with E-state index in [0.29, 0.717) is 26.4 Å². The van der Waals surface area contributed by atoms with Crippen molar-refractivity contribution in [1.82, 2.24) is 0 Å². The molecule has 0 radical (unpaired) electrons. The number of hydrogen-bond acceptors (Lipinski definition) is 3. The minimum atomic E-state index is -0.638. The van der Waals surface area contributed by atoms with E-state index < -0.39 is 6.04 Å². The van der Waals surface area contributed by atoms with Crippen LogP contribution in [-0.2, 0) is 9.59 Å². The summed E-state index contributed by atoms with van der Waals surface area (Å²) in [5.74, 6) is -0.650. The molecule has 0 spiro atoms. The monoisotopic (exact) mass is 368 g/mol. The highest BCUT2D eigenvalue weighted by Crippen LogP contribution is 2.30. The molecule has 118 valence electrons. The first-order valence-electron chi connectivity index (χ1n) is 6.79. The summed E-state index contributed by atoms with van der Waals surface area (Å²) in [6.45, 7) is 0. The van der Waals surface area contributed by atoms with Crippen molar-refractivity contribution in [2.24, 2.45) is 0 Å². The molecule has 0 bridgehead atoms. The van der Waals surface area contributed by atoms with Gasteiger partial charge in [0.1, 0.15) is 6.04 Å². The van der Waals surface area contributed by atoms with Gasteiger partial charge in [-0.15, -0.1) is 0 Å². The maximum atomic E-state index is 12.5. The SMILES string of the molecule is O=C1C[C@H](Nc2ccc(Cl)cc2)C(=O)N1c1cc(Cl)cc(Cl)c1. The van der Waals surface area contributed by atoms with Crippen LogP contribution >= 0.6 is 34.8 Å². The molecule has 7 heteroatoms. The normalized spacial score (nSPS) is 17.7. The molecule has 2 aromatic rings. The smallest absolute Gasteiger partial charge is 0.256 e. The van der Waals surface area contributed by atoms with Gasteiger partial charge in [-0.3, -0.25) is 9.59 Å². The zero-order chi connectivity index (χ0) is 16.6. The third-order valence-electron chi connectivity index (χ3n) is 3.44. The third-order valence-corrected chi connectivity index (χ3v) is 4.13. The Kier molecular flexibility index (Phi) is 4.48. The number of carbonyl (C=O) groups excluding carboxylic acids is 2. The van der Waals surface area contributed by atoms with Crippen molar-refractivity contribution in [2.45, 2.75) is 12.5 Å². The lowest BCUT2D eigenvalue weighted by Crippen LogP contribution is -2.34. The van der Waals surface area contributed by atoms with Gasteiger partial charge in [0.15, 0.2) is 0 Å². The van der Waals surface area contributed by atoms with Crippen molar-refractivity contribution < 1.29 is 9.59 Å². The van der Waals surface area contributed by atoms with Crippen molar-refractivity contribution in [1.29, 1.82) is 0 Å². The Labute approximate surface area is 147 Å². The zero-order valence-corrected chi connectivity index (χ0v) is 14.0. The van der Waals surface area contributed by atoms with Crippen molar-refractivity contribution in [3.8, 4) is 0 Å². The second-order valence-electron chi connectivity index (χ2n) is 5.10. The van der Waals surface area contributed by atoms with E-state index in [-0.39, 0.29) is 18.2 Å². The van der Waals surface area contributed by atoms with Crippen LogP contribution in [0.5, 0.6) is 0 Å². The molecule has 1 aliphatic heterocycles. The minimum Gasteiger partial charge on any atom is -0.373 e. The van der Waals surface area contributed by atoms with E-state index in [4.69, 9.17) is 34.8 Å². The molecular weight excluding hydrogens is 359 g/mol. The van der Waals surface area contributed by atoms with Gasteiger partial charge in [0, 0.05) is 20.8 Å². The van der Waals surface area contributed by atoms with Gasteiger partial charge < -0.3 is 5.32 Å². The van der Waals surface area contributed by atoms with Crippen LogP contribution in [0.4, 0.5) is 11.4 Å². The summed E-state index contributed by atoms with van der Waals surface area (Å²) < 4.78 is 0. The van der Waals surface area contributed by atoms with Crippen LogP contribution < -0.4 is 10.2 Å². The highest BCUT2D eigenvalue weighted by molar-refractivity contribution is 6.35. The molecule has 1 aliphatic rings. The molecule has 3 rings (SSSR count). The standard InChI is InChI=1S/C16H11Cl3N2O2/c17-9-1-3-12(4-2-9)20-14-8-15(22)21(16(14)23)13-6-10(18)5-11(19)7-13/h1-7,14,20H,8H2/t14-/m0/s1. The molecule has 2 aromatic carbocycles. The molecule has 23 heavy (non-hydrogen) atoms. The molecule has 0 aliphatic carbocycles. The summed E-state index contributed by atoms with van der Waals surface area (Å²) >= 11 is 17.7. The molecule has 4 nitrogen and oxygen atoms in total. The highest BCUT2D eigenvalue weighted by atomic mass is 35.5. The Morgan fingerprint density at radius 3 is 2.13 bits per heavy atom. The number of halogens is 3. The largest absolute Gasteiger partial charge is 0.373 e. The second kappa shape index (κ2) is 6.40. The molecule has 0 aromatic heterocycles. The lowest BCUT2D eigenvalue weighted by molar-refractivity contribution is -0.121. The molecular formula is C16H11Cl3N2O2. The summed E-state index contributed by atoms with van der Waals surface area (Å²) in [4.78, 5) is 25.9. The Hall–Kier alpha value is -1.75. The maximum absolute atomic E-state index is 12.5. The average molecular weight is 370 g/mol. The van der Waals surface area contributed by atoms with Gasteiger partial charge in [-0.25, -0.2) is 4.90 Å². The molecule has 1 fully saturated rings. The number of rotatable bonds is 3. The number of imide groups is 1. The fourth-order valence-corrected chi connectivity index (χ4v) is 3.07. The number of hydrogen-bond donors (Lipinski definition) is 1. The van der Waals surface area contributed by atoms with Crippen LogP contribution in [0.2, 0.25) is 15.1 Å². The van der Waals surface area contributed by atoms with Gasteiger partial charge in [-0.2, -0.15) is 0 Å². The van der Waals surface area contributed by atoms with Gasteiger partial charge in [0.2, 0.25) is 5.91 Å². The van der Waals surface area contributed by atoms with Crippen LogP contribution in [0, 0.1) is 0 Å². The van der Waals surface area contributed by atoms with Crippen LogP contribution in [0.15, 0.2) is 42.5 Å². The fraction of sp³-hybridized carbons (Fsp3) is 0.125. The summed E-state index contributed by atoms with van der Waals surface area (Å²) in [7, 11) is 0.